The van der Waals surface area contributed by atoms with E-state index < -0.39 is 17.7 Å². The molecule has 0 bridgehead atoms. The van der Waals surface area contributed by atoms with Crippen LogP contribution >= 0.6 is 11.8 Å². The van der Waals surface area contributed by atoms with Gasteiger partial charge in [0.05, 0.1) is 17.5 Å². The van der Waals surface area contributed by atoms with E-state index in [1.54, 1.807) is 28.9 Å². The molecule has 3 aliphatic rings. The third-order valence-electron chi connectivity index (χ3n) is 6.29. The van der Waals surface area contributed by atoms with Crippen LogP contribution in [0, 0.1) is 11.3 Å². The second-order valence-electron chi connectivity index (χ2n) is 9.71. The maximum Gasteiger partial charge on any atom is 0.411 e. The Bertz CT molecular complexity index is 916. The highest BCUT2D eigenvalue weighted by molar-refractivity contribution is 7.99. The Balaban J connectivity index is 1.43. The van der Waals surface area contributed by atoms with Crippen LogP contribution in [0.1, 0.15) is 32.8 Å². The topological polar surface area (TPSA) is 93.0 Å². The summed E-state index contributed by atoms with van der Waals surface area (Å²) in [5.74, 6) is 2.48. The molecule has 3 fully saturated rings. The molecule has 2 amide bonds. The van der Waals surface area contributed by atoms with E-state index in [-0.39, 0.29) is 11.9 Å². The van der Waals surface area contributed by atoms with Crippen LogP contribution in [0.15, 0.2) is 18.3 Å². The molecule has 0 saturated carbocycles. The van der Waals surface area contributed by atoms with E-state index in [1.165, 1.54) is 0 Å². The monoisotopic (exact) mass is 472 g/mol. The van der Waals surface area contributed by atoms with Crippen molar-refractivity contribution in [3.8, 4) is 6.07 Å². The van der Waals surface area contributed by atoms with Crippen LogP contribution in [0.3, 0.4) is 0 Å². The standard InChI is InChI=1S/C23H32N6O3S/c1-23(2,3)32-22(31)29-15-18(13-19(29)21(30)28-10-11-33-16-28)26-6-8-27(9-7-26)20-12-17(14-24)4-5-25-20/h4-5,12,18-19H,6-11,13,15-16H2,1-3H3/t18-,19-/m0/s1. The van der Waals surface area contributed by atoms with Crippen molar-refractivity contribution < 1.29 is 14.3 Å². The first-order chi connectivity index (χ1) is 15.7. The van der Waals surface area contributed by atoms with Crippen LogP contribution in [-0.4, -0.2) is 100 Å². The predicted molar refractivity (Wildman–Crippen MR) is 127 cm³/mol. The highest BCUT2D eigenvalue weighted by Crippen LogP contribution is 2.29. The van der Waals surface area contributed by atoms with E-state index in [0.29, 0.717) is 24.4 Å². The zero-order chi connectivity index (χ0) is 23.6. The second kappa shape index (κ2) is 9.77. The molecule has 0 spiro atoms. The Morgan fingerprint density at radius 1 is 1.21 bits per heavy atom. The molecule has 33 heavy (non-hydrogen) atoms. The average molecular weight is 473 g/mol. The molecule has 0 aromatic carbocycles. The Kier molecular flexibility index (Phi) is 7.00. The van der Waals surface area contributed by atoms with E-state index in [1.807, 2.05) is 31.7 Å². The number of hydrogen-bond acceptors (Lipinski definition) is 8. The number of carbonyl (C=O) groups is 2. The van der Waals surface area contributed by atoms with Crippen molar-refractivity contribution in [2.24, 2.45) is 0 Å². The molecule has 1 aromatic heterocycles. The fraction of sp³-hybridized carbons (Fsp3) is 0.652. The number of amides is 2. The van der Waals surface area contributed by atoms with Crippen molar-refractivity contribution in [3.63, 3.8) is 0 Å². The minimum absolute atomic E-state index is 0.0320. The molecule has 9 nitrogen and oxygen atoms in total. The first-order valence-corrected chi connectivity index (χ1v) is 12.6. The summed E-state index contributed by atoms with van der Waals surface area (Å²) >= 11 is 1.75. The third-order valence-corrected chi connectivity index (χ3v) is 7.25. The average Bonchev–Trinajstić information content (AvgIpc) is 3.48. The normalized spacial score (nSPS) is 24.1. The van der Waals surface area contributed by atoms with Gasteiger partial charge < -0.3 is 14.5 Å². The van der Waals surface area contributed by atoms with Gasteiger partial charge in [-0.2, -0.15) is 5.26 Å². The summed E-state index contributed by atoms with van der Waals surface area (Å²) in [4.78, 5) is 38.7. The van der Waals surface area contributed by atoms with Gasteiger partial charge in [-0.05, 0) is 39.3 Å². The molecule has 0 aliphatic carbocycles. The summed E-state index contributed by atoms with van der Waals surface area (Å²) in [5, 5.41) is 9.16. The minimum Gasteiger partial charge on any atom is -0.444 e. The van der Waals surface area contributed by atoms with Crippen molar-refractivity contribution in [2.45, 2.75) is 44.9 Å². The second-order valence-corrected chi connectivity index (χ2v) is 10.8. The predicted octanol–water partition coefficient (Wildman–Crippen LogP) is 1.99. The lowest BCUT2D eigenvalue weighted by molar-refractivity contribution is -0.134. The minimum atomic E-state index is -0.608. The van der Waals surface area contributed by atoms with Crippen LogP contribution in [-0.2, 0) is 9.53 Å². The number of hydrogen-bond donors (Lipinski definition) is 0. The van der Waals surface area contributed by atoms with Crippen LogP contribution in [0.5, 0.6) is 0 Å². The van der Waals surface area contributed by atoms with Gasteiger partial charge in [0, 0.05) is 57.3 Å². The number of carbonyl (C=O) groups excluding carboxylic acids is 2. The Morgan fingerprint density at radius 2 is 1.97 bits per heavy atom. The lowest BCUT2D eigenvalue weighted by atomic mass is 10.1. The van der Waals surface area contributed by atoms with Gasteiger partial charge in [-0.25, -0.2) is 9.78 Å². The molecule has 0 unspecified atom stereocenters. The number of nitrogens with zero attached hydrogens (tertiary/aromatic N) is 6. The third kappa shape index (κ3) is 5.53. The molecule has 4 heterocycles. The highest BCUT2D eigenvalue weighted by atomic mass is 32.2. The number of piperazine rings is 1. The summed E-state index contributed by atoms with van der Waals surface area (Å²) in [7, 11) is 0. The number of pyridine rings is 1. The molecule has 10 heteroatoms. The number of nitriles is 1. The van der Waals surface area contributed by atoms with Crippen molar-refractivity contribution >= 4 is 29.6 Å². The molecule has 0 radical (unpaired) electrons. The maximum absolute atomic E-state index is 13.3. The SMILES string of the molecule is CC(C)(C)OC(=O)N1C[C@@H](N2CCN(c3cc(C#N)ccn3)CC2)C[C@H]1C(=O)N1CCSC1. The van der Waals surface area contributed by atoms with E-state index >= 15 is 0 Å². The molecule has 1 aromatic rings. The van der Waals surface area contributed by atoms with Crippen LogP contribution in [0.25, 0.3) is 0 Å². The number of aromatic nitrogens is 1. The van der Waals surface area contributed by atoms with E-state index in [0.717, 1.165) is 44.3 Å². The summed E-state index contributed by atoms with van der Waals surface area (Å²) in [5.41, 5.74) is -0.00397. The van der Waals surface area contributed by atoms with Gasteiger partial charge in [0.25, 0.3) is 0 Å². The first-order valence-electron chi connectivity index (χ1n) is 11.5. The largest absolute Gasteiger partial charge is 0.444 e. The molecule has 4 rings (SSSR count). The van der Waals surface area contributed by atoms with Crippen molar-refractivity contribution in [1.82, 2.24) is 19.7 Å². The van der Waals surface area contributed by atoms with Gasteiger partial charge in [0.15, 0.2) is 0 Å². The highest BCUT2D eigenvalue weighted by Gasteiger charge is 2.45. The van der Waals surface area contributed by atoms with Crippen LogP contribution in [0.4, 0.5) is 10.6 Å². The zero-order valence-electron chi connectivity index (χ0n) is 19.6. The lowest BCUT2D eigenvalue weighted by Gasteiger charge is -2.38. The van der Waals surface area contributed by atoms with E-state index in [4.69, 9.17) is 10.00 Å². The van der Waals surface area contributed by atoms with Crippen molar-refractivity contribution in [1.29, 1.82) is 5.26 Å². The molecule has 2 atom stereocenters. The summed E-state index contributed by atoms with van der Waals surface area (Å²) < 4.78 is 5.65. The summed E-state index contributed by atoms with van der Waals surface area (Å²) in [6.07, 6.45) is 1.89. The van der Waals surface area contributed by atoms with Gasteiger partial charge >= 0.3 is 6.09 Å². The zero-order valence-corrected chi connectivity index (χ0v) is 20.4. The molecular formula is C23H32N6O3S. The molecule has 3 saturated heterocycles. The van der Waals surface area contributed by atoms with Crippen LogP contribution < -0.4 is 4.90 Å². The Labute approximate surface area is 199 Å². The number of thioether (sulfide) groups is 1. The smallest absolute Gasteiger partial charge is 0.411 e. The number of anilines is 1. The summed E-state index contributed by atoms with van der Waals surface area (Å²) in [6, 6.07) is 5.33. The number of likely N-dealkylation sites (tertiary alicyclic amines) is 1. The van der Waals surface area contributed by atoms with Gasteiger partial charge in [-0.3, -0.25) is 14.6 Å². The number of ether oxygens (including phenoxy) is 1. The first kappa shape index (κ1) is 23.6. The summed E-state index contributed by atoms with van der Waals surface area (Å²) in [6.45, 7) is 9.97. The van der Waals surface area contributed by atoms with E-state index in [9.17, 15) is 9.59 Å². The maximum atomic E-state index is 13.3. The molecule has 178 valence electrons. The fourth-order valence-corrected chi connectivity index (χ4v) is 5.57. The van der Waals surface area contributed by atoms with E-state index in [2.05, 4.69) is 20.9 Å². The lowest BCUT2D eigenvalue weighted by Crippen LogP contribution is -2.51. The molecule has 0 N–H and O–H groups in total. The van der Waals surface area contributed by atoms with Gasteiger partial charge in [0.1, 0.15) is 17.5 Å². The fourth-order valence-electron chi connectivity index (χ4n) is 4.61. The number of rotatable bonds is 3. The van der Waals surface area contributed by atoms with Crippen molar-refractivity contribution in [2.75, 3.05) is 55.8 Å². The quantitative estimate of drug-likeness (QED) is 0.659. The Hall–Kier alpha value is -2.51. The van der Waals surface area contributed by atoms with Gasteiger partial charge in [0.2, 0.25) is 5.91 Å². The molecular weight excluding hydrogens is 440 g/mol. The van der Waals surface area contributed by atoms with Crippen molar-refractivity contribution in [3.05, 3.63) is 23.9 Å². The van der Waals surface area contributed by atoms with Gasteiger partial charge in [-0.1, -0.05) is 0 Å². The molecule has 3 aliphatic heterocycles. The van der Waals surface area contributed by atoms with Gasteiger partial charge in [-0.15, -0.1) is 11.8 Å². The van der Waals surface area contributed by atoms with Crippen LogP contribution in [0.2, 0.25) is 0 Å². The Morgan fingerprint density at radius 3 is 2.61 bits per heavy atom.